The number of rotatable bonds is 4. The Hall–Kier alpha value is -1.19. The molecule has 2 nitrogen and oxygen atoms in total. The molecule has 0 amide bonds. The Morgan fingerprint density at radius 1 is 1.29 bits per heavy atom. The van der Waals surface area contributed by atoms with Crippen molar-refractivity contribution < 1.29 is 0 Å². The summed E-state index contributed by atoms with van der Waals surface area (Å²) in [6, 6.07) is 11.2. The van der Waals surface area contributed by atoms with E-state index in [1.807, 2.05) is 6.07 Å². The van der Waals surface area contributed by atoms with Crippen LogP contribution < -0.4 is 5.32 Å². The largest absolute Gasteiger partial charge is 0.308 e. The van der Waals surface area contributed by atoms with Crippen molar-refractivity contribution in [3.63, 3.8) is 0 Å². The van der Waals surface area contributed by atoms with Crippen molar-refractivity contribution in [1.82, 2.24) is 10.3 Å². The maximum atomic E-state index is 4.74. The number of hydrogen-bond donors (Lipinski definition) is 1. The number of benzene rings is 1. The van der Waals surface area contributed by atoms with E-state index in [0.717, 1.165) is 18.3 Å². The van der Waals surface area contributed by atoms with Crippen LogP contribution in [0.4, 0.5) is 0 Å². The molecule has 1 N–H and O–H groups in total. The zero-order chi connectivity index (χ0) is 11.7. The maximum absolute atomic E-state index is 4.74. The number of nitrogens with one attached hydrogen (secondary N) is 1. The molecule has 88 valence electrons. The molecule has 0 atom stereocenters. The van der Waals surface area contributed by atoms with Crippen molar-refractivity contribution >= 4 is 11.3 Å². The van der Waals surface area contributed by atoms with Gasteiger partial charge in [0.25, 0.3) is 0 Å². The molecule has 1 aromatic heterocycles. The van der Waals surface area contributed by atoms with Crippen LogP contribution in [0.1, 0.15) is 22.7 Å². The lowest BCUT2D eigenvalue weighted by Crippen LogP contribution is -2.14. The molecule has 1 aliphatic rings. The van der Waals surface area contributed by atoms with E-state index < -0.39 is 0 Å². The first-order valence-corrected chi connectivity index (χ1v) is 6.89. The molecule has 0 unspecified atom stereocenters. The van der Waals surface area contributed by atoms with E-state index in [4.69, 9.17) is 4.98 Å². The van der Waals surface area contributed by atoms with Crippen LogP contribution in [-0.4, -0.2) is 11.0 Å². The van der Waals surface area contributed by atoms with Crippen LogP contribution in [0.5, 0.6) is 0 Å². The Labute approximate surface area is 106 Å². The quantitative estimate of drug-likeness (QED) is 0.892. The van der Waals surface area contributed by atoms with Crippen molar-refractivity contribution in [1.29, 1.82) is 0 Å². The van der Waals surface area contributed by atoms with E-state index in [1.165, 1.54) is 28.3 Å². The van der Waals surface area contributed by atoms with E-state index in [0.29, 0.717) is 0 Å². The first-order chi connectivity index (χ1) is 8.33. The summed E-state index contributed by atoms with van der Waals surface area (Å²) in [7, 11) is 0. The fourth-order valence-electron chi connectivity index (χ4n) is 1.91. The Morgan fingerprint density at radius 3 is 2.76 bits per heavy atom. The fraction of sp³-hybridized carbons (Fsp3) is 0.357. The molecule has 0 aliphatic heterocycles. The lowest BCUT2D eigenvalue weighted by molar-refractivity contribution is 0.685. The molecule has 0 bridgehead atoms. The smallest absolute Gasteiger partial charge is 0.107 e. The van der Waals surface area contributed by atoms with Crippen LogP contribution in [0, 0.1) is 6.92 Å². The summed E-state index contributed by atoms with van der Waals surface area (Å²) >= 11 is 1.81. The second kappa shape index (κ2) is 4.59. The van der Waals surface area contributed by atoms with Crippen LogP contribution >= 0.6 is 11.3 Å². The number of nitrogens with zero attached hydrogens (tertiary/aromatic N) is 1. The molecule has 1 fully saturated rings. The van der Waals surface area contributed by atoms with Crippen molar-refractivity contribution in [2.75, 3.05) is 0 Å². The van der Waals surface area contributed by atoms with Crippen molar-refractivity contribution in [2.24, 2.45) is 0 Å². The van der Waals surface area contributed by atoms with Crippen molar-refractivity contribution in [2.45, 2.75) is 32.4 Å². The number of thiazole rings is 1. The first kappa shape index (κ1) is 10.9. The van der Waals surface area contributed by atoms with Gasteiger partial charge in [-0.15, -0.1) is 11.3 Å². The monoisotopic (exact) mass is 244 g/mol. The van der Waals surface area contributed by atoms with E-state index >= 15 is 0 Å². The van der Waals surface area contributed by atoms with Crippen molar-refractivity contribution in [3.8, 4) is 11.3 Å². The Bertz CT molecular complexity index is 500. The van der Waals surface area contributed by atoms with Gasteiger partial charge in [0.05, 0.1) is 5.69 Å². The molecule has 2 aromatic rings. The Morgan fingerprint density at radius 2 is 2.06 bits per heavy atom. The highest BCUT2D eigenvalue weighted by Crippen LogP contribution is 2.28. The molecule has 1 aromatic carbocycles. The van der Waals surface area contributed by atoms with Gasteiger partial charge in [-0.1, -0.05) is 30.3 Å². The van der Waals surface area contributed by atoms with Crippen LogP contribution in [-0.2, 0) is 6.54 Å². The lowest BCUT2D eigenvalue weighted by atomic mass is 10.1. The van der Waals surface area contributed by atoms with Gasteiger partial charge in [-0.25, -0.2) is 4.98 Å². The first-order valence-electron chi connectivity index (χ1n) is 6.08. The fourth-order valence-corrected chi connectivity index (χ4v) is 2.82. The molecular weight excluding hydrogens is 228 g/mol. The van der Waals surface area contributed by atoms with Gasteiger partial charge in [0.15, 0.2) is 0 Å². The standard InChI is InChI=1S/C14H16N2S/c1-10-14(11-5-3-2-4-6-11)16-13(17-10)9-15-12-7-8-12/h2-6,12,15H,7-9H2,1H3. The van der Waals surface area contributed by atoms with Crippen LogP contribution in [0.2, 0.25) is 0 Å². The average Bonchev–Trinajstić information content (AvgIpc) is 3.11. The molecule has 17 heavy (non-hydrogen) atoms. The zero-order valence-corrected chi connectivity index (χ0v) is 10.8. The average molecular weight is 244 g/mol. The highest BCUT2D eigenvalue weighted by Gasteiger charge is 2.20. The normalized spacial score (nSPS) is 15.1. The van der Waals surface area contributed by atoms with Gasteiger partial charge in [0.1, 0.15) is 5.01 Å². The topological polar surface area (TPSA) is 24.9 Å². The molecule has 1 aliphatic carbocycles. The number of hydrogen-bond acceptors (Lipinski definition) is 3. The third-order valence-electron chi connectivity index (χ3n) is 3.01. The molecular formula is C14H16N2S. The van der Waals surface area contributed by atoms with Gasteiger partial charge in [0.2, 0.25) is 0 Å². The predicted octanol–water partition coefficient (Wildman–Crippen LogP) is 3.37. The molecule has 3 rings (SSSR count). The van der Waals surface area contributed by atoms with Gasteiger partial charge >= 0.3 is 0 Å². The van der Waals surface area contributed by atoms with Gasteiger partial charge in [-0.05, 0) is 19.8 Å². The van der Waals surface area contributed by atoms with Crippen molar-refractivity contribution in [3.05, 3.63) is 40.2 Å². The van der Waals surface area contributed by atoms with Crippen LogP contribution in [0.15, 0.2) is 30.3 Å². The highest BCUT2D eigenvalue weighted by molar-refractivity contribution is 7.12. The number of aryl methyl sites for hydroxylation is 1. The minimum Gasteiger partial charge on any atom is -0.308 e. The summed E-state index contributed by atoms with van der Waals surface area (Å²) in [5, 5.41) is 4.71. The minimum absolute atomic E-state index is 0.749. The predicted molar refractivity (Wildman–Crippen MR) is 72.1 cm³/mol. The lowest BCUT2D eigenvalue weighted by Gasteiger charge is -1.98. The molecule has 1 saturated carbocycles. The molecule has 0 spiro atoms. The van der Waals surface area contributed by atoms with Gasteiger partial charge in [0, 0.05) is 23.0 Å². The third-order valence-corrected chi connectivity index (χ3v) is 3.98. The van der Waals surface area contributed by atoms with Gasteiger partial charge in [-0.3, -0.25) is 0 Å². The molecule has 0 radical (unpaired) electrons. The summed E-state index contributed by atoms with van der Waals surface area (Å²) < 4.78 is 0. The SMILES string of the molecule is Cc1sc(CNC2CC2)nc1-c1ccccc1. The Kier molecular flexibility index (Phi) is 2.95. The summed E-state index contributed by atoms with van der Waals surface area (Å²) in [5.74, 6) is 0. The Balaban J connectivity index is 1.80. The zero-order valence-electron chi connectivity index (χ0n) is 9.94. The second-order valence-electron chi connectivity index (χ2n) is 4.53. The molecule has 1 heterocycles. The maximum Gasteiger partial charge on any atom is 0.107 e. The van der Waals surface area contributed by atoms with E-state index in [1.54, 1.807) is 11.3 Å². The summed E-state index contributed by atoms with van der Waals surface area (Å²) in [5.41, 5.74) is 2.36. The van der Waals surface area contributed by atoms with Crippen LogP contribution in [0.25, 0.3) is 11.3 Å². The summed E-state index contributed by atoms with van der Waals surface area (Å²) in [4.78, 5) is 6.04. The van der Waals surface area contributed by atoms with E-state index in [2.05, 4.69) is 36.5 Å². The minimum atomic E-state index is 0.749. The highest BCUT2D eigenvalue weighted by atomic mass is 32.1. The van der Waals surface area contributed by atoms with E-state index in [-0.39, 0.29) is 0 Å². The van der Waals surface area contributed by atoms with Gasteiger partial charge in [-0.2, -0.15) is 0 Å². The van der Waals surface area contributed by atoms with Gasteiger partial charge < -0.3 is 5.32 Å². The molecule has 0 saturated heterocycles. The van der Waals surface area contributed by atoms with E-state index in [9.17, 15) is 0 Å². The summed E-state index contributed by atoms with van der Waals surface area (Å²) in [6.45, 7) is 3.07. The van der Waals surface area contributed by atoms with Crippen LogP contribution in [0.3, 0.4) is 0 Å². The number of aromatic nitrogens is 1. The third kappa shape index (κ3) is 2.56. The molecule has 3 heteroatoms. The summed E-state index contributed by atoms with van der Waals surface area (Å²) in [6.07, 6.45) is 2.66. The second-order valence-corrected chi connectivity index (χ2v) is 5.82.